The Hall–Kier alpha value is -1.99. The van der Waals surface area contributed by atoms with Crippen LogP contribution in [0.3, 0.4) is 0 Å². The predicted octanol–water partition coefficient (Wildman–Crippen LogP) is 1.92. The molecule has 0 saturated carbocycles. The van der Waals surface area contributed by atoms with Crippen LogP contribution >= 0.6 is 0 Å². The summed E-state index contributed by atoms with van der Waals surface area (Å²) in [6.45, 7) is 5.86. The van der Waals surface area contributed by atoms with Crippen LogP contribution < -0.4 is 14.8 Å². The average Bonchev–Trinajstić information content (AvgIpc) is 3.24. The minimum Gasteiger partial charge on any atom is -0.497 e. The van der Waals surface area contributed by atoms with Gasteiger partial charge >= 0.3 is 0 Å². The van der Waals surface area contributed by atoms with Gasteiger partial charge in [-0.3, -0.25) is 4.99 Å². The molecule has 7 nitrogen and oxygen atoms in total. The molecular formula is C20H31N3O4. The van der Waals surface area contributed by atoms with Gasteiger partial charge in [-0.25, -0.2) is 0 Å². The molecule has 0 bridgehead atoms. The fraction of sp³-hybridized carbons (Fsp3) is 0.650. The van der Waals surface area contributed by atoms with Gasteiger partial charge in [0.25, 0.3) is 0 Å². The van der Waals surface area contributed by atoms with E-state index in [1.165, 1.54) is 0 Å². The molecule has 3 atom stereocenters. The van der Waals surface area contributed by atoms with Crippen molar-refractivity contribution in [2.75, 3.05) is 47.0 Å². The molecule has 27 heavy (non-hydrogen) atoms. The molecule has 0 aliphatic carbocycles. The number of guanidine groups is 1. The third-order valence-electron chi connectivity index (χ3n) is 4.91. The van der Waals surface area contributed by atoms with E-state index in [-0.39, 0.29) is 18.3 Å². The summed E-state index contributed by atoms with van der Waals surface area (Å²) < 4.78 is 22.9. The highest BCUT2D eigenvalue weighted by atomic mass is 16.5. The van der Waals surface area contributed by atoms with Gasteiger partial charge in [0.2, 0.25) is 0 Å². The molecule has 0 amide bonds. The standard InChI is InChI=1S/C20H31N3O4/c1-15(27-17-7-4-6-16(12-17)24-3)13-22-20(21-2)23-9-11-26-19(14-23)18-8-5-10-25-18/h4,6-7,12,15,18-19H,5,8-11,13-14H2,1-3H3,(H,21,22). The SMILES string of the molecule is CN=C(NCC(C)Oc1cccc(OC)c1)N1CCOC(C2CCCO2)C1. The summed E-state index contributed by atoms with van der Waals surface area (Å²) in [5, 5.41) is 3.42. The second kappa shape index (κ2) is 9.80. The molecular weight excluding hydrogens is 346 g/mol. The van der Waals surface area contributed by atoms with Gasteiger partial charge < -0.3 is 29.2 Å². The lowest BCUT2D eigenvalue weighted by Crippen LogP contribution is -2.54. The van der Waals surface area contributed by atoms with E-state index in [9.17, 15) is 0 Å². The van der Waals surface area contributed by atoms with Crippen LogP contribution in [0.1, 0.15) is 19.8 Å². The molecule has 1 aromatic carbocycles. The molecule has 0 aromatic heterocycles. The predicted molar refractivity (Wildman–Crippen MR) is 105 cm³/mol. The quantitative estimate of drug-likeness (QED) is 0.604. The number of morpholine rings is 1. The van der Waals surface area contributed by atoms with Gasteiger partial charge in [0.1, 0.15) is 23.7 Å². The third-order valence-corrected chi connectivity index (χ3v) is 4.91. The van der Waals surface area contributed by atoms with Crippen LogP contribution in [0.2, 0.25) is 0 Å². The zero-order chi connectivity index (χ0) is 19.1. The van der Waals surface area contributed by atoms with Gasteiger partial charge in [0.15, 0.2) is 5.96 Å². The number of aliphatic imine (C=N–C) groups is 1. The Morgan fingerprint density at radius 3 is 2.85 bits per heavy atom. The summed E-state index contributed by atoms with van der Waals surface area (Å²) >= 11 is 0. The molecule has 2 aliphatic rings. The Labute approximate surface area is 161 Å². The average molecular weight is 377 g/mol. The van der Waals surface area contributed by atoms with Crippen molar-refractivity contribution in [2.24, 2.45) is 4.99 Å². The lowest BCUT2D eigenvalue weighted by molar-refractivity contribution is -0.0817. The molecule has 1 N–H and O–H groups in total. The van der Waals surface area contributed by atoms with Gasteiger partial charge in [-0.1, -0.05) is 6.07 Å². The molecule has 2 aliphatic heterocycles. The normalized spacial score (nSPS) is 24.6. The third kappa shape index (κ3) is 5.49. The Balaban J connectivity index is 1.49. The number of rotatable bonds is 6. The number of methoxy groups -OCH3 is 1. The van der Waals surface area contributed by atoms with E-state index in [1.807, 2.05) is 38.2 Å². The number of benzene rings is 1. The highest BCUT2D eigenvalue weighted by Crippen LogP contribution is 2.21. The first-order valence-corrected chi connectivity index (χ1v) is 9.69. The molecule has 2 heterocycles. The van der Waals surface area contributed by atoms with Gasteiger partial charge in [-0.2, -0.15) is 0 Å². The maximum Gasteiger partial charge on any atom is 0.193 e. The van der Waals surface area contributed by atoms with Gasteiger partial charge in [-0.15, -0.1) is 0 Å². The highest BCUT2D eigenvalue weighted by molar-refractivity contribution is 5.80. The molecule has 2 saturated heterocycles. The summed E-state index contributed by atoms with van der Waals surface area (Å²) in [4.78, 5) is 6.68. The van der Waals surface area contributed by atoms with Crippen molar-refractivity contribution in [3.8, 4) is 11.5 Å². The van der Waals surface area contributed by atoms with Crippen molar-refractivity contribution in [1.29, 1.82) is 0 Å². The van der Waals surface area contributed by atoms with Crippen molar-refractivity contribution in [3.05, 3.63) is 24.3 Å². The Morgan fingerprint density at radius 2 is 2.11 bits per heavy atom. The van der Waals surface area contributed by atoms with Crippen LogP contribution in [0.25, 0.3) is 0 Å². The minimum atomic E-state index is -0.0103. The summed E-state index contributed by atoms with van der Waals surface area (Å²) in [6.07, 6.45) is 2.52. The lowest BCUT2D eigenvalue weighted by Gasteiger charge is -2.37. The van der Waals surface area contributed by atoms with Crippen LogP contribution in [0.4, 0.5) is 0 Å². The van der Waals surface area contributed by atoms with E-state index in [2.05, 4.69) is 15.2 Å². The second-order valence-corrected chi connectivity index (χ2v) is 6.94. The number of hydrogen-bond acceptors (Lipinski definition) is 5. The number of ether oxygens (including phenoxy) is 4. The summed E-state index contributed by atoms with van der Waals surface area (Å²) in [6, 6.07) is 7.65. The monoisotopic (exact) mass is 377 g/mol. The van der Waals surface area contributed by atoms with E-state index in [0.717, 1.165) is 50.0 Å². The summed E-state index contributed by atoms with van der Waals surface area (Å²) in [7, 11) is 3.47. The molecule has 2 fully saturated rings. The van der Waals surface area contributed by atoms with Crippen molar-refractivity contribution >= 4 is 5.96 Å². The molecule has 0 radical (unpaired) electrons. The topological polar surface area (TPSA) is 64.6 Å². The molecule has 7 heteroatoms. The van der Waals surface area contributed by atoms with Crippen LogP contribution in [0, 0.1) is 0 Å². The smallest absolute Gasteiger partial charge is 0.193 e. The van der Waals surface area contributed by atoms with E-state index < -0.39 is 0 Å². The molecule has 150 valence electrons. The largest absolute Gasteiger partial charge is 0.497 e. The molecule has 3 unspecified atom stereocenters. The first kappa shape index (κ1) is 19.8. The molecule has 0 spiro atoms. The number of nitrogens with one attached hydrogen (secondary N) is 1. The Bertz CT molecular complexity index is 619. The minimum absolute atomic E-state index is 0.0103. The van der Waals surface area contributed by atoms with Crippen LogP contribution in [-0.2, 0) is 9.47 Å². The van der Waals surface area contributed by atoms with Gasteiger partial charge in [0, 0.05) is 32.8 Å². The zero-order valence-corrected chi connectivity index (χ0v) is 16.5. The number of nitrogens with zero attached hydrogens (tertiary/aromatic N) is 2. The van der Waals surface area contributed by atoms with E-state index in [1.54, 1.807) is 7.11 Å². The van der Waals surface area contributed by atoms with Crippen molar-refractivity contribution in [1.82, 2.24) is 10.2 Å². The van der Waals surface area contributed by atoms with Crippen molar-refractivity contribution < 1.29 is 18.9 Å². The van der Waals surface area contributed by atoms with E-state index >= 15 is 0 Å². The second-order valence-electron chi connectivity index (χ2n) is 6.94. The number of hydrogen-bond donors (Lipinski definition) is 1. The van der Waals surface area contributed by atoms with Crippen LogP contribution in [0.5, 0.6) is 11.5 Å². The Kier molecular flexibility index (Phi) is 7.18. The summed E-state index contributed by atoms with van der Waals surface area (Å²) in [5.41, 5.74) is 0. The van der Waals surface area contributed by atoms with E-state index in [4.69, 9.17) is 18.9 Å². The maximum absolute atomic E-state index is 5.98. The first-order valence-electron chi connectivity index (χ1n) is 9.69. The fourth-order valence-electron chi connectivity index (χ4n) is 3.50. The lowest BCUT2D eigenvalue weighted by atomic mass is 10.1. The molecule has 1 aromatic rings. The molecule has 3 rings (SSSR count). The highest BCUT2D eigenvalue weighted by Gasteiger charge is 2.32. The van der Waals surface area contributed by atoms with Crippen molar-refractivity contribution in [3.63, 3.8) is 0 Å². The Morgan fingerprint density at radius 1 is 1.30 bits per heavy atom. The van der Waals surface area contributed by atoms with Crippen molar-refractivity contribution in [2.45, 2.75) is 38.1 Å². The summed E-state index contributed by atoms with van der Waals surface area (Å²) in [5.74, 6) is 2.46. The van der Waals surface area contributed by atoms with Crippen LogP contribution in [-0.4, -0.2) is 76.2 Å². The van der Waals surface area contributed by atoms with E-state index in [0.29, 0.717) is 13.2 Å². The van der Waals surface area contributed by atoms with Crippen LogP contribution in [0.15, 0.2) is 29.3 Å². The van der Waals surface area contributed by atoms with Gasteiger partial charge in [0.05, 0.1) is 26.4 Å². The van der Waals surface area contributed by atoms with Gasteiger partial charge in [-0.05, 0) is 31.9 Å². The first-order chi connectivity index (χ1) is 13.2. The zero-order valence-electron chi connectivity index (χ0n) is 16.5. The maximum atomic E-state index is 5.98. The fourth-order valence-corrected chi connectivity index (χ4v) is 3.50.